The fraction of sp³-hybridized carbons (Fsp3) is 0.0870. The van der Waals surface area contributed by atoms with E-state index in [-0.39, 0.29) is 24.6 Å². The SMILES string of the molecule is O=C(NCc1ccc(Cl)nc1)c1ccnc2c(OCc3c(F)cccc3F)cccc12. The summed E-state index contributed by atoms with van der Waals surface area (Å²) in [6.07, 6.45) is 3.07. The number of pyridine rings is 2. The quantitative estimate of drug-likeness (QED) is 0.426. The third-order valence-electron chi connectivity index (χ3n) is 4.65. The molecule has 0 spiro atoms. The molecule has 31 heavy (non-hydrogen) atoms. The highest BCUT2D eigenvalue weighted by atomic mass is 35.5. The first-order chi connectivity index (χ1) is 15.0. The summed E-state index contributed by atoms with van der Waals surface area (Å²) in [7, 11) is 0. The normalized spacial score (nSPS) is 10.8. The Hall–Kier alpha value is -3.58. The van der Waals surface area contributed by atoms with E-state index in [9.17, 15) is 13.6 Å². The van der Waals surface area contributed by atoms with E-state index in [0.29, 0.717) is 27.4 Å². The van der Waals surface area contributed by atoms with Crippen molar-refractivity contribution in [3.8, 4) is 5.75 Å². The van der Waals surface area contributed by atoms with E-state index < -0.39 is 11.6 Å². The van der Waals surface area contributed by atoms with E-state index in [1.165, 1.54) is 24.4 Å². The number of rotatable bonds is 6. The van der Waals surface area contributed by atoms with Crippen LogP contribution in [0.4, 0.5) is 8.78 Å². The standard InChI is InChI=1S/C23H16ClF2N3O2/c24-21-8-7-14(11-28-21)12-29-23(30)16-9-10-27-22-15(16)3-1-6-20(22)31-13-17-18(25)4-2-5-19(17)26/h1-11H,12-13H2,(H,29,30). The van der Waals surface area contributed by atoms with Crippen LogP contribution < -0.4 is 10.1 Å². The van der Waals surface area contributed by atoms with Crippen LogP contribution in [0.1, 0.15) is 21.5 Å². The molecule has 0 saturated carbocycles. The smallest absolute Gasteiger partial charge is 0.252 e. The van der Waals surface area contributed by atoms with Gasteiger partial charge in [0.1, 0.15) is 34.7 Å². The number of nitrogens with zero attached hydrogens (tertiary/aromatic N) is 2. The third kappa shape index (κ3) is 4.62. The van der Waals surface area contributed by atoms with Crippen molar-refractivity contribution in [3.63, 3.8) is 0 Å². The number of hydrogen-bond donors (Lipinski definition) is 1. The first-order valence-corrected chi connectivity index (χ1v) is 9.73. The van der Waals surface area contributed by atoms with Crippen molar-refractivity contribution in [2.75, 3.05) is 0 Å². The second-order valence-electron chi connectivity index (χ2n) is 6.67. The minimum absolute atomic E-state index is 0.176. The van der Waals surface area contributed by atoms with Crippen molar-refractivity contribution in [2.45, 2.75) is 13.2 Å². The Morgan fingerprint density at radius 1 is 1.00 bits per heavy atom. The Balaban J connectivity index is 1.56. The second-order valence-corrected chi connectivity index (χ2v) is 7.06. The number of ether oxygens (including phenoxy) is 1. The van der Waals surface area contributed by atoms with Crippen LogP contribution in [0.2, 0.25) is 5.15 Å². The highest BCUT2D eigenvalue weighted by molar-refractivity contribution is 6.29. The zero-order chi connectivity index (χ0) is 21.8. The molecule has 0 aliphatic rings. The molecule has 2 aromatic carbocycles. The van der Waals surface area contributed by atoms with Crippen molar-refractivity contribution in [1.82, 2.24) is 15.3 Å². The maximum Gasteiger partial charge on any atom is 0.252 e. The highest BCUT2D eigenvalue weighted by Crippen LogP contribution is 2.27. The van der Waals surface area contributed by atoms with Crippen molar-refractivity contribution in [3.05, 3.63) is 100 Å². The largest absolute Gasteiger partial charge is 0.486 e. The molecule has 0 bridgehead atoms. The van der Waals surface area contributed by atoms with Gasteiger partial charge in [-0.05, 0) is 35.9 Å². The average Bonchev–Trinajstić information content (AvgIpc) is 2.78. The first-order valence-electron chi connectivity index (χ1n) is 9.35. The lowest BCUT2D eigenvalue weighted by Crippen LogP contribution is -2.23. The van der Waals surface area contributed by atoms with Gasteiger partial charge in [0.25, 0.3) is 5.91 Å². The number of nitrogens with one attached hydrogen (secondary N) is 1. The molecule has 0 fully saturated rings. The topological polar surface area (TPSA) is 64.1 Å². The lowest BCUT2D eigenvalue weighted by molar-refractivity contribution is 0.0952. The maximum absolute atomic E-state index is 13.9. The van der Waals surface area contributed by atoms with E-state index >= 15 is 0 Å². The Bertz CT molecular complexity index is 1230. The lowest BCUT2D eigenvalue weighted by atomic mass is 10.1. The summed E-state index contributed by atoms with van der Waals surface area (Å²) >= 11 is 5.77. The number of para-hydroxylation sites is 1. The van der Waals surface area contributed by atoms with Gasteiger partial charge in [-0.1, -0.05) is 35.9 Å². The summed E-state index contributed by atoms with van der Waals surface area (Å²) in [6, 6.07) is 13.7. The summed E-state index contributed by atoms with van der Waals surface area (Å²) in [6.45, 7) is -0.0329. The summed E-state index contributed by atoms with van der Waals surface area (Å²) in [5, 5.41) is 3.76. The van der Waals surface area contributed by atoms with E-state index in [1.807, 2.05) is 0 Å². The van der Waals surface area contributed by atoms with Crippen LogP contribution in [0.25, 0.3) is 10.9 Å². The average molecular weight is 440 g/mol. The van der Waals surface area contributed by atoms with Gasteiger partial charge < -0.3 is 10.1 Å². The molecule has 0 radical (unpaired) electrons. The predicted octanol–water partition coefficient (Wildman–Crippen LogP) is 5.07. The minimum Gasteiger partial charge on any atom is -0.486 e. The van der Waals surface area contributed by atoms with Crippen LogP contribution in [0, 0.1) is 11.6 Å². The van der Waals surface area contributed by atoms with Gasteiger partial charge in [0, 0.05) is 24.3 Å². The van der Waals surface area contributed by atoms with Gasteiger partial charge in [0.2, 0.25) is 0 Å². The summed E-state index contributed by atoms with van der Waals surface area (Å²) < 4.78 is 33.4. The molecule has 0 aliphatic carbocycles. The summed E-state index contributed by atoms with van der Waals surface area (Å²) in [4.78, 5) is 21.0. The minimum atomic E-state index is -0.690. The number of aromatic nitrogens is 2. The third-order valence-corrected chi connectivity index (χ3v) is 4.88. The molecule has 8 heteroatoms. The zero-order valence-electron chi connectivity index (χ0n) is 16.1. The van der Waals surface area contributed by atoms with E-state index in [0.717, 1.165) is 5.56 Å². The van der Waals surface area contributed by atoms with Gasteiger partial charge in [-0.25, -0.2) is 13.8 Å². The Morgan fingerprint density at radius 2 is 1.77 bits per heavy atom. The number of carbonyl (C=O) groups excluding carboxylic acids is 1. The molecule has 1 N–H and O–H groups in total. The van der Waals surface area contributed by atoms with Crippen LogP contribution in [0.15, 0.2) is 67.0 Å². The number of carbonyl (C=O) groups is 1. The van der Waals surface area contributed by atoms with Gasteiger partial charge in [-0.3, -0.25) is 9.78 Å². The molecule has 2 aromatic heterocycles. The lowest BCUT2D eigenvalue weighted by Gasteiger charge is -2.12. The Kier molecular flexibility index (Phi) is 6.04. The molecule has 0 saturated heterocycles. The molecule has 1 amide bonds. The van der Waals surface area contributed by atoms with Crippen LogP contribution >= 0.6 is 11.6 Å². The van der Waals surface area contributed by atoms with Gasteiger partial charge in [-0.15, -0.1) is 0 Å². The van der Waals surface area contributed by atoms with Crippen LogP contribution in [-0.4, -0.2) is 15.9 Å². The van der Waals surface area contributed by atoms with E-state index in [4.69, 9.17) is 16.3 Å². The van der Waals surface area contributed by atoms with Gasteiger partial charge in [0.15, 0.2) is 0 Å². The van der Waals surface area contributed by atoms with E-state index in [1.54, 1.807) is 42.6 Å². The van der Waals surface area contributed by atoms with Crippen LogP contribution in [0.3, 0.4) is 0 Å². The molecule has 4 rings (SSSR count). The molecular formula is C23H16ClF2N3O2. The predicted molar refractivity (Wildman–Crippen MR) is 113 cm³/mol. The van der Waals surface area contributed by atoms with Crippen LogP contribution in [0.5, 0.6) is 5.75 Å². The fourth-order valence-electron chi connectivity index (χ4n) is 3.07. The first kappa shape index (κ1) is 20.7. The fourth-order valence-corrected chi connectivity index (χ4v) is 3.18. The molecule has 0 unspecified atom stereocenters. The van der Waals surface area contributed by atoms with Gasteiger partial charge >= 0.3 is 0 Å². The monoisotopic (exact) mass is 439 g/mol. The molecule has 0 atom stereocenters. The number of fused-ring (bicyclic) bond motifs is 1. The number of hydrogen-bond acceptors (Lipinski definition) is 4. The molecular weight excluding hydrogens is 424 g/mol. The molecule has 5 nitrogen and oxygen atoms in total. The van der Waals surface area contributed by atoms with Crippen molar-refractivity contribution in [2.24, 2.45) is 0 Å². The molecule has 4 aromatic rings. The van der Waals surface area contributed by atoms with Crippen molar-refractivity contribution in [1.29, 1.82) is 0 Å². The summed E-state index contributed by atoms with van der Waals surface area (Å²) in [5.74, 6) is -1.37. The van der Waals surface area contributed by atoms with Gasteiger partial charge in [0.05, 0.1) is 11.1 Å². The van der Waals surface area contributed by atoms with Crippen molar-refractivity contribution < 1.29 is 18.3 Å². The molecule has 2 heterocycles. The molecule has 0 aliphatic heterocycles. The number of benzene rings is 2. The number of amides is 1. The zero-order valence-corrected chi connectivity index (χ0v) is 16.9. The van der Waals surface area contributed by atoms with Crippen molar-refractivity contribution >= 4 is 28.4 Å². The van der Waals surface area contributed by atoms with Crippen LogP contribution in [-0.2, 0) is 13.2 Å². The number of halogens is 3. The van der Waals surface area contributed by atoms with E-state index in [2.05, 4.69) is 15.3 Å². The Morgan fingerprint density at radius 3 is 2.52 bits per heavy atom. The maximum atomic E-state index is 13.9. The summed E-state index contributed by atoms with van der Waals surface area (Å²) in [5.41, 5.74) is 1.44. The Labute approximate surface area is 181 Å². The highest BCUT2D eigenvalue weighted by Gasteiger charge is 2.15. The second kappa shape index (κ2) is 9.06. The van der Waals surface area contributed by atoms with Gasteiger partial charge in [-0.2, -0.15) is 0 Å². The molecule has 156 valence electrons.